The number of benzene rings is 1. The van der Waals surface area contributed by atoms with Crippen LogP contribution in [0.25, 0.3) is 0 Å². The van der Waals surface area contributed by atoms with Gasteiger partial charge in [-0.1, -0.05) is 11.6 Å². The van der Waals surface area contributed by atoms with Crippen molar-refractivity contribution in [2.24, 2.45) is 0 Å². The minimum Gasteiger partial charge on any atom is -0.304 e. The van der Waals surface area contributed by atoms with Gasteiger partial charge in [0.2, 0.25) is 0 Å². The van der Waals surface area contributed by atoms with E-state index >= 15 is 0 Å². The molecule has 1 aliphatic heterocycles. The molecule has 0 spiro atoms. The molecule has 0 bridgehead atoms. The molecule has 0 fully saturated rings. The van der Waals surface area contributed by atoms with Gasteiger partial charge >= 0.3 is 12.1 Å². The summed E-state index contributed by atoms with van der Waals surface area (Å²) in [6.07, 6.45) is -4.94. The average molecular weight is 295 g/mol. The van der Waals surface area contributed by atoms with Crippen LogP contribution in [-0.2, 0) is 11.2 Å². The summed E-state index contributed by atoms with van der Waals surface area (Å²) in [5, 5.41) is 10.4. The average Bonchev–Trinajstić information content (AvgIpc) is 2.71. The lowest BCUT2D eigenvalue weighted by Crippen LogP contribution is -2.40. The molecule has 1 aromatic carbocycles. The van der Waals surface area contributed by atoms with E-state index in [0.29, 0.717) is 4.90 Å². The molecule has 1 aromatic rings. The molecule has 19 heavy (non-hydrogen) atoms. The lowest BCUT2D eigenvalue weighted by atomic mass is 10.1. The molecular weight excluding hydrogens is 289 g/mol. The normalized spacial score (nSPS) is 14.4. The number of nitro benzene ring substituents is 1. The van der Waals surface area contributed by atoms with E-state index in [2.05, 4.69) is 0 Å². The van der Waals surface area contributed by atoms with Gasteiger partial charge in [0.15, 0.2) is 0 Å². The number of alkyl halides is 3. The molecule has 0 aliphatic carbocycles. The first-order valence-electron chi connectivity index (χ1n) is 5.08. The van der Waals surface area contributed by atoms with Crippen LogP contribution in [-0.4, -0.2) is 23.6 Å². The summed E-state index contributed by atoms with van der Waals surface area (Å²) >= 11 is 5.77. The van der Waals surface area contributed by atoms with Crippen LogP contribution in [0.4, 0.5) is 24.5 Å². The summed E-state index contributed by atoms with van der Waals surface area (Å²) in [7, 11) is 0. The van der Waals surface area contributed by atoms with Gasteiger partial charge in [-0.05, 0) is 12.5 Å². The monoisotopic (exact) mass is 294 g/mol. The number of fused-ring (bicyclic) bond motifs is 1. The van der Waals surface area contributed by atoms with Crippen LogP contribution in [0, 0.1) is 10.1 Å². The van der Waals surface area contributed by atoms with Crippen molar-refractivity contribution in [3.05, 3.63) is 32.8 Å². The fourth-order valence-corrected chi connectivity index (χ4v) is 2.26. The van der Waals surface area contributed by atoms with Gasteiger partial charge < -0.3 is 4.90 Å². The summed E-state index contributed by atoms with van der Waals surface area (Å²) in [4.78, 5) is 21.6. The van der Waals surface area contributed by atoms with Crippen molar-refractivity contribution in [2.75, 3.05) is 11.4 Å². The van der Waals surface area contributed by atoms with Crippen LogP contribution in [0.2, 0.25) is 5.02 Å². The number of hydrogen-bond donors (Lipinski definition) is 0. The zero-order chi connectivity index (χ0) is 14.4. The fourth-order valence-electron chi connectivity index (χ4n) is 1.94. The maximum Gasteiger partial charge on any atom is 0.471 e. The van der Waals surface area contributed by atoms with E-state index in [4.69, 9.17) is 11.6 Å². The van der Waals surface area contributed by atoms with E-state index in [1.165, 1.54) is 0 Å². The molecule has 1 aliphatic rings. The third kappa shape index (κ3) is 2.23. The van der Waals surface area contributed by atoms with Crippen LogP contribution in [0.5, 0.6) is 0 Å². The Bertz CT molecular complexity index is 574. The first-order chi connectivity index (χ1) is 8.73. The topological polar surface area (TPSA) is 63.5 Å². The van der Waals surface area contributed by atoms with Crippen molar-refractivity contribution in [2.45, 2.75) is 12.6 Å². The molecule has 1 amide bonds. The Morgan fingerprint density at radius 2 is 2.05 bits per heavy atom. The SMILES string of the molecule is O=C(N1CCc2c1ccc([N+](=O)[O-])c2Cl)C(F)(F)F. The molecule has 0 radical (unpaired) electrons. The van der Waals surface area contributed by atoms with Crippen molar-refractivity contribution in [3.8, 4) is 0 Å². The lowest BCUT2D eigenvalue weighted by Gasteiger charge is -2.18. The number of carbonyl (C=O) groups excluding carboxylic acids is 1. The summed E-state index contributed by atoms with van der Waals surface area (Å²) < 4.78 is 37.1. The second kappa shape index (κ2) is 4.37. The third-order valence-electron chi connectivity index (χ3n) is 2.76. The largest absolute Gasteiger partial charge is 0.471 e. The maximum atomic E-state index is 12.4. The maximum absolute atomic E-state index is 12.4. The number of carbonyl (C=O) groups is 1. The number of amides is 1. The molecule has 2 rings (SSSR count). The van der Waals surface area contributed by atoms with E-state index in [-0.39, 0.29) is 34.9 Å². The van der Waals surface area contributed by atoms with Gasteiger partial charge in [0.1, 0.15) is 5.02 Å². The van der Waals surface area contributed by atoms with Gasteiger partial charge in [0.25, 0.3) is 5.69 Å². The summed E-state index contributed by atoms with van der Waals surface area (Å²) in [6, 6.07) is 2.10. The third-order valence-corrected chi connectivity index (χ3v) is 3.18. The standard InChI is InChI=1S/C10H6ClF3N2O3/c11-8-5-3-4-15(9(17)10(12,13)14)6(5)1-2-7(8)16(18)19/h1-2H,3-4H2. The number of nitro groups is 1. The van der Waals surface area contributed by atoms with Gasteiger partial charge in [-0.2, -0.15) is 13.2 Å². The Hall–Kier alpha value is -1.83. The molecule has 5 nitrogen and oxygen atoms in total. The van der Waals surface area contributed by atoms with Gasteiger partial charge in [-0.3, -0.25) is 14.9 Å². The molecule has 0 aromatic heterocycles. The zero-order valence-electron chi connectivity index (χ0n) is 9.20. The van der Waals surface area contributed by atoms with Crippen molar-refractivity contribution >= 4 is 28.9 Å². The first-order valence-corrected chi connectivity index (χ1v) is 5.45. The van der Waals surface area contributed by atoms with Gasteiger partial charge in [-0.25, -0.2) is 0 Å². The summed E-state index contributed by atoms with van der Waals surface area (Å²) in [5.74, 6) is -2.00. The number of halogens is 4. The minimum absolute atomic E-state index is 0.0297. The number of nitrogens with zero attached hydrogens (tertiary/aromatic N) is 2. The molecule has 102 valence electrons. The Labute approximate surface area is 109 Å². The smallest absolute Gasteiger partial charge is 0.304 e. The van der Waals surface area contributed by atoms with Crippen molar-refractivity contribution in [1.82, 2.24) is 0 Å². The van der Waals surface area contributed by atoms with Gasteiger partial charge in [0.05, 0.1) is 4.92 Å². The molecule has 0 unspecified atom stereocenters. The molecule has 9 heteroatoms. The minimum atomic E-state index is -4.99. The number of rotatable bonds is 1. The molecule has 0 N–H and O–H groups in total. The van der Waals surface area contributed by atoms with Crippen LogP contribution < -0.4 is 4.90 Å². The van der Waals surface area contributed by atoms with Gasteiger partial charge in [-0.15, -0.1) is 0 Å². The highest BCUT2D eigenvalue weighted by Crippen LogP contribution is 2.40. The van der Waals surface area contributed by atoms with Crippen LogP contribution in [0.15, 0.2) is 12.1 Å². The predicted molar refractivity (Wildman–Crippen MR) is 60.2 cm³/mol. The van der Waals surface area contributed by atoms with Crippen LogP contribution >= 0.6 is 11.6 Å². The van der Waals surface area contributed by atoms with Crippen LogP contribution in [0.1, 0.15) is 5.56 Å². The highest BCUT2D eigenvalue weighted by atomic mass is 35.5. The summed E-state index contributed by atoms with van der Waals surface area (Å²) in [5.41, 5.74) is -0.229. The molecular formula is C10H6ClF3N2O3. The first kappa shape index (κ1) is 13.6. The van der Waals surface area contributed by atoms with E-state index in [1.807, 2.05) is 0 Å². The predicted octanol–water partition coefficient (Wildman–Crippen LogP) is 2.70. The van der Waals surface area contributed by atoms with Gasteiger partial charge in [0, 0.05) is 23.9 Å². The van der Waals surface area contributed by atoms with E-state index in [0.717, 1.165) is 12.1 Å². The number of hydrogen-bond acceptors (Lipinski definition) is 3. The number of anilines is 1. The van der Waals surface area contributed by atoms with E-state index in [1.54, 1.807) is 0 Å². The lowest BCUT2D eigenvalue weighted by molar-refractivity contribution is -0.384. The summed E-state index contributed by atoms with van der Waals surface area (Å²) in [6.45, 7) is -0.200. The van der Waals surface area contributed by atoms with E-state index in [9.17, 15) is 28.1 Å². The molecule has 0 saturated carbocycles. The Morgan fingerprint density at radius 3 is 2.58 bits per heavy atom. The van der Waals surface area contributed by atoms with E-state index < -0.39 is 17.0 Å². The molecule has 1 heterocycles. The highest BCUT2D eigenvalue weighted by molar-refractivity contribution is 6.34. The second-order valence-electron chi connectivity index (χ2n) is 3.86. The van der Waals surface area contributed by atoms with Crippen molar-refractivity contribution < 1.29 is 22.9 Å². The molecule has 0 saturated heterocycles. The Kier molecular flexibility index (Phi) is 3.13. The quantitative estimate of drug-likeness (QED) is 0.591. The van der Waals surface area contributed by atoms with Crippen molar-refractivity contribution in [1.29, 1.82) is 0 Å². The van der Waals surface area contributed by atoms with Crippen molar-refractivity contribution in [3.63, 3.8) is 0 Å². The zero-order valence-corrected chi connectivity index (χ0v) is 9.96. The Morgan fingerprint density at radius 1 is 1.42 bits per heavy atom. The Balaban J connectivity index is 2.45. The molecule has 0 atom stereocenters. The second-order valence-corrected chi connectivity index (χ2v) is 4.24. The fraction of sp³-hybridized carbons (Fsp3) is 0.300. The highest BCUT2D eigenvalue weighted by Gasteiger charge is 2.45. The van der Waals surface area contributed by atoms with Crippen LogP contribution in [0.3, 0.4) is 0 Å².